The lowest BCUT2D eigenvalue weighted by Gasteiger charge is -2.35. The summed E-state index contributed by atoms with van der Waals surface area (Å²) in [6.07, 6.45) is 1.01. The monoisotopic (exact) mass is 832 g/mol. The van der Waals surface area contributed by atoms with E-state index in [2.05, 4.69) is 44.3 Å². The van der Waals surface area contributed by atoms with E-state index < -0.39 is 23.0 Å². The fourth-order valence-corrected chi connectivity index (χ4v) is 7.89. The number of hydrogen-bond donors (Lipinski definition) is 0. The van der Waals surface area contributed by atoms with Crippen molar-refractivity contribution in [3.05, 3.63) is 117 Å². The van der Waals surface area contributed by atoms with E-state index in [9.17, 15) is 22.8 Å². The third-order valence-corrected chi connectivity index (χ3v) is 11.2. The molecule has 2 aromatic carbocycles. The Morgan fingerprint density at radius 3 is 2.22 bits per heavy atom. The number of pyridine rings is 1. The Hall–Kier alpha value is -5.03. The predicted molar refractivity (Wildman–Crippen MR) is 220 cm³/mol. The van der Waals surface area contributed by atoms with Crippen LogP contribution in [0.25, 0.3) is 11.2 Å². The predicted octanol–water partition coefficient (Wildman–Crippen LogP) is 6.64. The molecular formula is C44H55F3N8O5. The van der Waals surface area contributed by atoms with E-state index in [0.29, 0.717) is 57.3 Å². The highest BCUT2D eigenvalue weighted by molar-refractivity contribution is 5.68. The Morgan fingerprint density at radius 2 is 1.55 bits per heavy atom. The van der Waals surface area contributed by atoms with E-state index in [4.69, 9.17) is 14.2 Å². The van der Waals surface area contributed by atoms with Crippen molar-refractivity contribution in [1.82, 2.24) is 38.4 Å². The Bertz CT molecular complexity index is 2280. The smallest absolute Gasteiger partial charge is 0.418 e. The van der Waals surface area contributed by atoms with Crippen LogP contribution in [0.15, 0.2) is 78.1 Å². The van der Waals surface area contributed by atoms with Gasteiger partial charge in [-0.3, -0.25) is 18.8 Å². The third-order valence-electron chi connectivity index (χ3n) is 11.2. The lowest BCUT2D eigenvalue weighted by Crippen LogP contribution is -2.49. The van der Waals surface area contributed by atoms with Gasteiger partial charge in [-0.25, -0.2) is 9.59 Å². The van der Waals surface area contributed by atoms with Crippen molar-refractivity contribution >= 4 is 11.6 Å². The largest absolute Gasteiger partial charge is 0.444 e. The van der Waals surface area contributed by atoms with Crippen LogP contribution >= 0.6 is 0 Å². The van der Waals surface area contributed by atoms with Crippen molar-refractivity contribution in [2.24, 2.45) is 7.05 Å². The summed E-state index contributed by atoms with van der Waals surface area (Å²) < 4.78 is 65.1. The van der Waals surface area contributed by atoms with Gasteiger partial charge in [0.1, 0.15) is 17.8 Å². The number of piperazine rings is 1. The van der Waals surface area contributed by atoms with Crippen molar-refractivity contribution in [2.75, 3.05) is 52.5 Å². The van der Waals surface area contributed by atoms with E-state index in [1.54, 1.807) is 29.4 Å². The molecule has 5 aromatic rings. The number of carbonyl (C=O) groups is 1. The lowest BCUT2D eigenvalue weighted by molar-refractivity contribution is -0.136. The van der Waals surface area contributed by atoms with Crippen molar-refractivity contribution in [2.45, 2.75) is 84.0 Å². The van der Waals surface area contributed by atoms with Crippen LogP contribution in [0.2, 0.25) is 0 Å². The number of fused-ring (bicyclic) bond motifs is 1. The number of rotatable bonds is 13. The van der Waals surface area contributed by atoms with Crippen molar-refractivity contribution in [1.29, 1.82) is 0 Å². The first-order valence-corrected chi connectivity index (χ1v) is 20.6. The first-order valence-electron chi connectivity index (χ1n) is 20.6. The number of alkyl halides is 3. The number of carbonyl (C=O) groups excluding carboxylic acids is 1. The van der Waals surface area contributed by atoms with Gasteiger partial charge in [-0.1, -0.05) is 43.3 Å². The van der Waals surface area contributed by atoms with Gasteiger partial charge in [0.15, 0.2) is 0 Å². The van der Waals surface area contributed by atoms with Crippen molar-refractivity contribution < 1.29 is 32.2 Å². The summed E-state index contributed by atoms with van der Waals surface area (Å²) in [5, 5.41) is 8.14. The molecule has 0 N–H and O–H groups in total. The minimum absolute atomic E-state index is 0.0344. The lowest BCUT2D eigenvalue weighted by atomic mass is 10.00. The van der Waals surface area contributed by atoms with Gasteiger partial charge in [0.05, 0.1) is 42.7 Å². The number of aromatic nitrogens is 5. The minimum Gasteiger partial charge on any atom is -0.444 e. The molecule has 0 saturated carbocycles. The van der Waals surface area contributed by atoms with Crippen LogP contribution in [0.5, 0.6) is 0 Å². The van der Waals surface area contributed by atoms with Crippen LogP contribution in [-0.4, -0.2) is 109 Å². The second-order valence-corrected chi connectivity index (χ2v) is 16.9. The summed E-state index contributed by atoms with van der Waals surface area (Å²) in [6, 6.07) is 16.7. The molecule has 322 valence electrons. The maximum absolute atomic E-state index is 14.5. The topological polar surface area (TPSA) is 112 Å². The van der Waals surface area contributed by atoms with E-state index in [-0.39, 0.29) is 30.2 Å². The molecule has 16 heteroatoms. The molecule has 0 spiro atoms. The quantitative estimate of drug-likeness (QED) is 0.121. The molecule has 7 rings (SSSR count). The number of halogens is 3. The first-order chi connectivity index (χ1) is 28.6. The minimum atomic E-state index is -4.66. The molecule has 1 atom stereocenters. The molecule has 2 fully saturated rings. The highest BCUT2D eigenvalue weighted by atomic mass is 19.4. The van der Waals surface area contributed by atoms with Crippen molar-refractivity contribution in [3.63, 3.8) is 0 Å². The van der Waals surface area contributed by atoms with Crippen LogP contribution in [0.1, 0.15) is 80.1 Å². The van der Waals surface area contributed by atoms with Gasteiger partial charge in [0, 0.05) is 77.7 Å². The van der Waals surface area contributed by atoms with Crippen LogP contribution < -0.4 is 5.69 Å². The van der Waals surface area contributed by atoms with Gasteiger partial charge in [-0.15, -0.1) is 10.2 Å². The first kappa shape index (κ1) is 43.1. The standard InChI is InChI=1S/C44H55F3N8O5/c1-31(40-49-48-30-50(40)5)35-7-6-8-36(24-35)54-28-39-38(44(45,46)47)23-34(27-55(39)41(54)56)26-51-15-13-37(14-16-51)59-22-21-58-29-33-11-9-32(10-12-33)25-52-17-19-53(20-18-52)42(57)60-43(2,3)4/h6-12,23-24,27-28,30-31,37H,13-22,25-26,29H2,1-5H3/t31-/m1/s1. The number of piperidine rings is 1. The zero-order valence-corrected chi connectivity index (χ0v) is 35.0. The number of aryl methyl sites for hydroxylation is 1. The SMILES string of the molecule is C[C@H](c1cccc(-n2cc3c(C(F)(F)F)cc(CN4CCC(OCCOCc5ccc(CN6CCN(C(=O)OC(C)(C)C)CC6)cc5)CC4)cn3c2=O)c1)c1nncn1C. The van der Waals surface area contributed by atoms with Crippen molar-refractivity contribution in [3.8, 4) is 5.69 Å². The van der Waals surface area contributed by atoms with E-state index >= 15 is 0 Å². The summed E-state index contributed by atoms with van der Waals surface area (Å²) in [5.41, 5.74) is 1.90. The number of ether oxygens (including phenoxy) is 3. The highest BCUT2D eigenvalue weighted by Gasteiger charge is 2.35. The summed E-state index contributed by atoms with van der Waals surface area (Å²) in [6.45, 7) is 14.3. The van der Waals surface area contributed by atoms with Gasteiger partial charge in [-0.05, 0) is 74.1 Å². The summed E-state index contributed by atoms with van der Waals surface area (Å²) >= 11 is 0. The Labute approximate surface area is 348 Å². The molecule has 3 aromatic heterocycles. The molecule has 0 aliphatic carbocycles. The normalized spacial score (nSPS) is 16.8. The zero-order chi connectivity index (χ0) is 42.6. The Kier molecular flexibility index (Phi) is 13.1. The van der Waals surface area contributed by atoms with Gasteiger partial charge in [0.25, 0.3) is 0 Å². The molecule has 13 nitrogen and oxygen atoms in total. The van der Waals surface area contributed by atoms with Crippen LogP contribution in [0.3, 0.4) is 0 Å². The average Bonchev–Trinajstić information content (AvgIpc) is 3.80. The van der Waals surface area contributed by atoms with Gasteiger partial charge >= 0.3 is 18.0 Å². The number of imidazole rings is 1. The second kappa shape index (κ2) is 18.3. The van der Waals surface area contributed by atoms with E-state index in [1.807, 2.05) is 45.4 Å². The van der Waals surface area contributed by atoms with Crippen LogP contribution in [-0.2, 0) is 47.1 Å². The number of benzene rings is 2. The number of nitrogens with zero attached hydrogens (tertiary/aromatic N) is 8. The zero-order valence-electron chi connectivity index (χ0n) is 35.0. The van der Waals surface area contributed by atoms with Crippen LogP contribution in [0, 0.1) is 0 Å². The summed E-state index contributed by atoms with van der Waals surface area (Å²) in [4.78, 5) is 32.3. The van der Waals surface area contributed by atoms with Gasteiger partial charge in [0.2, 0.25) is 0 Å². The summed E-state index contributed by atoms with van der Waals surface area (Å²) in [5.74, 6) is 0.576. The molecular weight excluding hydrogens is 778 g/mol. The molecule has 60 heavy (non-hydrogen) atoms. The van der Waals surface area contributed by atoms with E-state index in [1.165, 1.54) is 22.5 Å². The average molecular weight is 833 g/mol. The molecule has 2 saturated heterocycles. The fourth-order valence-electron chi connectivity index (χ4n) is 7.89. The molecule has 0 radical (unpaired) electrons. The number of likely N-dealkylation sites (tertiary alicyclic amines) is 1. The van der Waals surface area contributed by atoms with Gasteiger partial charge < -0.3 is 23.7 Å². The number of hydrogen-bond acceptors (Lipinski definition) is 9. The Morgan fingerprint density at radius 1 is 0.867 bits per heavy atom. The molecule has 5 heterocycles. The second-order valence-electron chi connectivity index (χ2n) is 16.9. The maximum Gasteiger partial charge on any atom is 0.418 e. The molecule has 1 amide bonds. The molecule has 2 aliphatic heterocycles. The maximum atomic E-state index is 14.5. The van der Waals surface area contributed by atoms with Gasteiger partial charge in [-0.2, -0.15) is 13.2 Å². The Balaban J connectivity index is 0.860. The highest BCUT2D eigenvalue weighted by Crippen LogP contribution is 2.34. The van der Waals surface area contributed by atoms with Crippen LogP contribution in [0.4, 0.5) is 18.0 Å². The number of amides is 1. The fraction of sp³-hybridized carbons (Fsp3) is 0.500. The molecule has 0 unspecified atom stereocenters. The molecule has 0 bridgehead atoms. The summed E-state index contributed by atoms with van der Waals surface area (Å²) in [7, 11) is 1.84. The molecule has 2 aliphatic rings. The third kappa shape index (κ3) is 10.6. The van der Waals surface area contributed by atoms with E-state index in [0.717, 1.165) is 59.9 Å².